The number of fused-ring (bicyclic) bond motifs is 1. The van der Waals surface area contributed by atoms with E-state index in [1.807, 2.05) is 18.2 Å². The van der Waals surface area contributed by atoms with Gasteiger partial charge in [-0.05, 0) is 37.1 Å². The van der Waals surface area contributed by atoms with Crippen molar-refractivity contribution in [2.24, 2.45) is 0 Å². The molecule has 1 aromatic heterocycles. The van der Waals surface area contributed by atoms with Crippen LogP contribution in [0.25, 0.3) is 10.9 Å². The Morgan fingerprint density at radius 1 is 1.35 bits per heavy atom. The number of halogens is 1. The van der Waals surface area contributed by atoms with E-state index < -0.39 is 12.0 Å². The average molecular weight is 337 g/mol. The summed E-state index contributed by atoms with van der Waals surface area (Å²) in [5.74, 6) is -1.18. The molecule has 1 aliphatic rings. The lowest BCUT2D eigenvalue weighted by atomic mass is 10.2. The van der Waals surface area contributed by atoms with E-state index in [0.29, 0.717) is 18.7 Å². The van der Waals surface area contributed by atoms with Crippen molar-refractivity contribution < 1.29 is 14.7 Å². The lowest BCUT2D eigenvalue weighted by molar-refractivity contribution is -0.141. The van der Waals surface area contributed by atoms with Gasteiger partial charge < -0.3 is 15.0 Å². The number of hydrogen-bond acceptors (Lipinski definition) is 2. The summed E-state index contributed by atoms with van der Waals surface area (Å²) in [6.45, 7) is 0.495. The zero-order valence-corrected chi connectivity index (χ0v) is 12.2. The first kappa shape index (κ1) is 13.2. The molecule has 3 rings (SSSR count). The number of carboxylic acid groups (broad SMARTS) is 1. The number of carboxylic acids is 1. The zero-order chi connectivity index (χ0) is 14.3. The number of H-pyrrole nitrogens is 1. The summed E-state index contributed by atoms with van der Waals surface area (Å²) in [6, 6.07) is 6.75. The lowest BCUT2D eigenvalue weighted by Gasteiger charge is -2.20. The highest BCUT2D eigenvalue weighted by Crippen LogP contribution is 2.24. The van der Waals surface area contributed by atoms with E-state index in [2.05, 4.69) is 20.9 Å². The van der Waals surface area contributed by atoms with Gasteiger partial charge in [0, 0.05) is 21.9 Å². The normalized spacial score (nSPS) is 18.6. The van der Waals surface area contributed by atoms with E-state index in [4.69, 9.17) is 5.11 Å². The molecule has 1 amide bonds. The topological polar surface area (TPSA) is 73.4 Å². The highest BCUT2D eigenvalue weighted by atomic mass is 79.9. The molecular weight excluding hydrogens is 324 g/mol. The van der Waals surface area contributed by atoms with Crippen LogP contribution in [0.5, 0.6) is 0 Å². The molecule has 0 spiro atoms. The fourth-order valence-electron chi connectivity index (χ4n) is 2.64. The van der Waals surface area contributed by atoms with Gasteiger partial charge in [0.1, 0.15) is 11.7 Å². The summed E-state index contributed by atoms with van der Waals surface area (Å²) in [4.78, 5) is 28.1. The maximum absolute atomic E-state index is 12.4. The van der Waals surface area contributed by atoms with Gasteiger partial charge in [-0.3, -0.25) is 4.79 Å². The molecule has 1 aliphatic heterocycles. The number of nitrogens with zero attached hydrogens (tertiary/aromatic N) is 1. The minimum atomic E-state index is -0.935. The van der Waals surface area contributed by atoms with E-state index in [9.17, 15) is 9.59 Å². The van der Waals surface area contributed by atoms with Crippen molar-refractivity contribution in [3.63, 3.8) is 0 Å². The molecule has 5 nitrogen and oxygen atoms in total. The third-order valence-electron chi connectivity index (χ3n) is 3.61. The number of likely N-dealkylation sites (tertiary alicyclic amines) is 1. The standard InChI is InChI=1S/C14H13BrN2O3/c15-9-3-4-10-8(6-9)7-11(16-10)13(18)17-5-1-2-12(17)14(19)20/h3-4,6-7,12,16H,1-2,5H2,(H,19,20)/t12-/m1/s1. The second kappa shape index (κ2) is 4.94. The van der Waals surface area contributed by atoms with Gasteiger partial charge in [-0.1, -0.05) is 15.9 Å². The van der Waals surface area contributed by atoms with Gasteiger partial charge in [-0.15, -0.1) is 0 Å². The predicted molar refractivity (Wildman–Crippen MR) is 77.7 cm³/mol. The molecule has 0 unspecified atom stereocenters. The number of benzene rings is 1. The van der Waals surface area contributed by atoms with Gasteiger partial charge in [0.2, 0.25) is 0 Å². The van der Waals surface area contributed by atoms with Crippen LogP contribution < -0.4 is 0 Å². The summed E-state index contributed by atoms with van der Waals surface area (Å²) in [6.07, 6.45) is 1.25. The number of aliphatic carboxylic acids is 1. The first-order valence-electron chi connectivity index (χ1n) is 6.38. The van der Waals surface area contributed by atoms with Crippen LogP contribution in [0.3, 0.4) is 0 Å². The number of hydrogen-bond donors (Lipinski definition) is 2. The molecule has 104 valence electrons. The van der Waals surface area contributed by atoms with Gasteiger partial charge >= 0.3 is 5.97 Å². The van der Waals surface area contributed by atoms with E-state index in [0.717, 1.165) is 21.8 Å². The quantitative estimate of drug-likeness (QED) is 0.885. The molecule has 1 fully saturated rings. The Kier molecular flexibility index (Phi) is 3.25. The Balaban J connectivity index is 1.94. The van der Waals surface area contributed by atoms with E-state index in [1.54, 1.807) is 6.07 Å². The molecule has 2 N–H and O–H groups in total. The van der Waals surface area contributed by atoms with Crippen molar-refractivity contribution in [1.29, 1.82) is 0 Å². The molecule has 0 saturated carbocycles. The lowest BCUT2D eigenvalue weighted by Crippen LogP contribution is -2.40. The molecule has 1 atom stereocenters. The third-order valence-corrected chi connectivity index (χ3v) is 4.11. The van der Waals surface area contributed by atoms with Crippen LogP contribution in [-0.2, 0) is 4.79 Å². The molecule has 0 aliphatic carbocycles. The first-order valence-corrected chi connectivity index (χ1v) is 7.17. The highest BCUT2D eigenvalue weighted by Gasteiger charge is 2.34. The van der Waals surface area contributed by atoms with Crippen molar-refractivity contribution in [3.8, 4) is 0 Å². The molecule has 1 saturated heterocycles. The first-order chi connectivity index (χ1) is 9.56. The van der Waals surface area contributed by atoms with Gasteiger partial charge in [-0.2, -0.15) is 0 Å². The molecule has 0 bridgehead atoms. The average Bonchev–Trinajstić information content (AvgIpc) is 3.03. The Labute approximate surface area is 123 Å². The maximum Gasteiger partial charge on any atom is 0.326 e. The number of carbonyl (C=O) groups is 2. The number of aromatic amines is 1. The van der Waals surface area contributed by atoms with Crippen molar-refractivity contribution >= 4 is 38.7 Å². The summed E-state index contributed by atoms with van der Waals surface area (Å²) >= 11 is 3.39. The molecule has 20 heavy (non-hydrogen) atoms. The van der Waals surface area contributed by atoms with Crippen molar-refractivity contribution in [2.45, 2.75) is 18.9 Å². The minimum Gasteiger partial charge on any atom is -0.480 e. The molecule has 1 aromatic carbocycles. The third kappa shape index (κ3) is 2.20. The van der Waals surface area contributed by atoms with E-state index >= 15 is 0 Å². The smallest absolute Gasteiger partial charge is 0.326 e. The Morgan fingerprint density at radius 3 is 2.90 bits per heavy atom. The fourth-order valence-corrected chi connectivity index (χ4v) is 3.02. The Bertz CT molecular complexity index is 695. The van der Waals surface area contributed by atoms with Crippen LogP contribution in [0.15, 0.2) is 28.7 Å². The number of rotatable bonds is 2. The number of nitrogens with one attached hydrogen (secondary N) is 1. The van der Waals surface area contributed by atoms with E-state index in [1.165, 1.54) is 4.90 Å². The molecule has 2 aromatic rings. The molecule has 2 heterocycles. The van der Waals surface area contributed by atoms with Crippen molar-refractivity contribution in [1.82, 2.24) is 9.88 Å². The van der Waals surface area contributed by atoms with Gasteiger partial charge in [-0.25, -0.2) is 4.79 Å². The molecule has 6 heteroatoms. The Morgan fingerprint density at radius 2 is 2.15 bits per heavy atom. The minimum absolute atomic E-state index is 0.248. The number of aromatic nitrogens is 1. The van der Waals surface area contributed by atoms with Gasteiger partial charge in [0.25, 0.3) is 5.91 Å². The van der Waals surface area contributed by atoms with Crippen LogP contribution >= 0.6 is 15.9 Å². The zero-order valence-electron chi connectivity index (χ0n) is 10.6. The largest absolute Gasteiger partial charge is 0.480 e. The summed E-state index contributed by atoms with van der Waals surface area (Å²) < 4.78 is 0.938. The number of amides is 1. The highest BCUT2D eigenvalue weighted by molar-refractivity contribution is 9.10. The van der Waals surface area contributed by atoms with Crippen LogP contribution in [-0.4, -0.2) is 39.5 Å². The van der Waals surface area contributed by atoms with Crippen LogP contribution in [0.1, 0.15) is 23.3 Å². The summed E-state index contributed by atoms with van der Waals surface area (Å²) in [7, 11) is 0. The number of carbonyl (C=O) groups excluding carboxylic acids is 1. The summed E-state index contributed by atoms with van der Waals surface area (Å²) in [5, 5.41) is 10.1. The second-order valence-corrected chi connectivity index (χ2v) is 5.83. The SMILES string of the molecule is O=C(O)[C@H]1CCCN1C(=O)c1cc2cc(Br)ccc2[nH]1. The summed E-state index contributed by atoms with van der Waals surface area (Å²) in [5.41, 5.74) is 1.30. The predicted octanol–water partition coefficient (Wildman–Crippen LogP) is 2.62. The molecule has 0 radical (unpaired) electrons. The monoisotopic (exact) mass is 336 g/mol. The fraction of sp³-hybridized carbons (Fsp3) is 0.286. The van der Waals surface area contributed by atoms with Gasteiger partial charge in [0.15, 0.2) is 0 Å². The van der Waals surface area contributed by atoms with Crippen LogP contribution in [0, 0.1) is 0 Å². The van der Waals surface area contributed by atoms with Crippen molar-refractivity contribution in [2.75, 3.05) is 6.54 Å². The van der Waals surface area contributed by atoms with Crippen LogP contribution in [0.4, 0.5) is 0 Å². The Hall–Kier alpha value is -1.82. The van der Waals surface area contributed by atoms with Crippen LogP contribution in [0.2, 0.25) is 0 Å². The maximum atomic E-state index is 12.4. The van der Waals surface area contributed by atoms with E-state index in [-0.39, 0.29) is 5.91 Å². The van der Waals surface area contributed by atoms with Crippen molar-refractivity contribution in [3.05, 3.63) is 34.4 Å². The second-order valence-electron chi connectivity index (χ2n) is 4.91. The van der Waals surface area contributed by atoms with Gasteiger partial charge in [0.05, 0.1) is 0 Å². The molecular formula is C14H13BrN2O3.